The second kappa shape index (κ2) is 6.91. The average molecular weight is 395 g/mol. The molecule has 0 radical (unpaired) electrons. The number of ether oxygens (including phenoxy) is 3. The molecule has 0 saturated heterocycles. The minimum absolute atomic E-state index is 0.00421. The second-order valence-electron chi connectivity index (χ2n) is 7.09. The summed E-state index contributed by atoms with van der Waals surface area (Å²) in [7, 11) is 2.38. The summed E-state index contributed by atoms with van der Waals surface area (Å²) in [6, 6.07) is 0. The molecular weight excluding hydrogens is 374 g/mol. The predicted octanol–water partition coefficient (Wildman–Crippen LogP) is 0.771. The van der Waals surface area contributed by atoms with Crippen LogP contribution in [0.5, 0.6) is 5.88 Å². The molecule has 27 heavy (non-hydrogen) atoms. The topological polar surface area (TPSA) is 109 Å². The molecule has 1 unspecified atom stereocenters. The molecule has 146 valence electrons. The van der Waals surface area contributed by atoms with Crippen LogP contribution in [0.1, 0.15) is 32.3 Å². The van der Waals surface area contributed by atoms with Crippen molar-refractivity contribution in [3.05, 3.63) is 27.4 Å². The number of hydrogen-bond donors (Lipinski definition) is 1. The summed E-state index contributed by atoms with van der Waals surface area (Å²) in [4.78, 5) is 42.5. The number of carbonyl (C=O) groups is 2. The van der Waals surface area contributed by atoms with Crippen molar-refractivity contribution in [2.45, 2.75) is 43.9 Å². The maximum Gasteiger partial charge on any atom is 0.340 e. The van der Waals surface area contributed by atoms with Crippen LogP contribution in [-0.4, -0.2) is 47.0 Å². The lowest BCUT2D eigenvalue weighted by atomic mass is 9.90. The smallest absolute Gasteiger partial charge is 0.340 e. The summed E-state index contributed by atoms with van der Waals surface area (Å²) in [5.41, 5.74) is -1.05. The number of aromatic nitrogens is 2. The molecule has 1 aromatic rings. The van der Waals surface area contributed by atoms with Crippen LogP contribution in [0.15, 0.2) is 21.4 Å². The molecule has 1 N–H and O–H groups in total. The first kappa shape index (κ1) is 19.3. The molecule has 0 aromatic carbocycles. The van der Waals surface area contributed by atoms with Crippen LogP contribution in [0, 0.1) is 0 Å². The summed E-state index contributed by atoms with van der Waals surface area (Å²) >= 11 is 1.42. The van der Waals surface area contributed by atoms with E-state index in [0.717, 1.165) is 0 Å². The van der Waals surface area contributed by atoms with Crippen LogP contribution >= 0.6 is 11.8 Å². The molecule has 0 aliphatic carbocycles. The van der Waals surface area contributed by atoms with E-state index in [0.29, 0.717) is 17.5 Å². The minimum Gasteiger partial charge on any atom is -0.468 e. The Morgan fingerprint density at radius 3 is 2.59 bits per heavy atom. The van der Waals surface area contributed by atoms with E-state index >= 15 is 0 Å². The van der Waals surface area contributed by atoms with E-state index in [1.165, 1.54) is 30.5 Å². The van der Waals surface area contributed by atoms with Crippen LogP contribution in [0.4, 0.5) is 0 Å². The average Bonchev–Trinajstić information content (AvgIpc) is 3.06. The summed E-state index contributed by atoms with van der Waals surface area (Å²) in [5, 5.41) is 3.57. The van der Waals surface area contributed by atoms with Gasteiger partial charge in [-0.1, -0.05) is 11.8 Å². The molecule has 10 heteroatoms. The largest absolute Gasteiger partial charge is 0.468 e. The molecule has 9 nitrogen and oxygen atoms in total. The fraction of sp³-hybridized carbons (Fsp3) is 0.529. The molecule has 0 saturated carbocycles. The third-order valence-corrected chi connectivity index (χ3v) is 4.99. The van der Waals surface area contributed by atoms with Gasteiger partial charge in [-0.2, -0.15) is 4.98 Å². The first-order chi connectivity index (χ1) is 12.7. The van der Waals surface area contributed by atoms with Gasteiger partial charge < -0.3 is 19.5 Å². The van der Waals surface area contributed by atoms with Gasteiger partial charge in [-0.3, -0.25) is 14.2 Å². The van der Waals surface area contributed by atoms with E-state index < -0.39 is 29.0 Å². The predicted molar refractivity (Wildman–Crippen MR) is 96.5 cm³/mol. The first-order valence-electron chi connectivity index (χ1n) is 8.31. The highest BCUT2D eigenvalue weighted by molar-refractivity contribution is 7.99. The lowest BCUT2D eigenvalue weighted by molar-refractivity contribution is -0.145. The van der Waals surface area contributed by atoms with Gasteiger partial charge in [0.05, 0.1) is 19.8 Å². The van der Waals surface area contributed by atoms with Crippen molar-refractivity contribution >= 4 is 23.7 Å². The van der Waals surface area contributed by atoms with Crippen LogP contribution < -0.4 is 15.6 Å². The molecule has 0 bridgehead atoms. The maximum absolute atomic E-state index is 13.0. The molecule has 3 heterocycles. The van der Waals surface area contributed by atoms with Crippen molar-refractivity contribution in [2.24, 2.45) is 0 Å². The van der Waals surface area contributed by atoms with Crippen molar-refractivity contribution in [2.75, 3.05) is 20.0 Å². The Labute approximate surface area is 160 Å². The number of carbonyl (C=O) groups excluding carboxylic acids is 2. The van der Waals surface area contributed by atoms with Crippen LogP contribution in [-0.2, 0) is 25.6 Å². The van der Waals surface area contributed by atoms with Gasteiger partial charge in [-0.05, 0) is 20.8 Å². The van der Waals surface area contributed by atoms with Gasteiger partial charge in [-0.15, -0.1) is 0 Å². The molecule has 0 amide bonds. The van der Waals surface area contributed by atoms with Crippen molar-refractivity contribution in [3.63, 3.8) is 0 Å². The molecule has 2 aliphatic rings. The molecule has 1 aromatic heterocycles. The van der Waals surface area contributed by atoms with E-state index in [4.69, 9.17) is 14.2 Å². The monoisotopic (exact) mass is 395 g/mol. The summed E-state index contributed by atoms with van der Waals surface area (Å²) in [6.07, 6.45) is 0. The lowest BCUT2D eigenvalue weighted by Gasteiger charge is -2.31. The lowest BCUT2D eigenvalue weighted by Crippen LogP contribution is -2.43. The van der Waals surface area contributed by atoms with Crippen LogP contribution in [0.3, 0.4) is 0 Å². The Bertz CT molecular complexity index is 899. The van der Waals surface area contributed by atoms with E-state index in [1.54, 1.807) is 0 Å². The van der Waals surface area contributed by atoms with E-state index in [1.807, 2.05) is 20.8 Å². The Morgan fingerprint density at radius 2 is 2.00 bits per heavy atom. The zero-order chi connectivity index (χ0) is 19.9. The summed E-state index contributed by atoms with van der Waals surface area (Å²) < 4.78 is 17.0. The molecule has 3 rings (SSSR count). The fourth-order valence-corrected chi connectivity index (χ4v) is 3.86. The SMILES string of the molecule is COC(=O)C1=C(NC(C)(C)C)Oc2nc3n(c(=O)c2C1C(=O)OC)CCS3. The number of nitrogens with zero attached hydrogens (tertiary/aromatic N) is 2. The molecule has 0 spiro atoms. The summed E-state index contributed by atoms with van der Waals surface area (Å²) in [5.74, 6) is -2.13. The van der Waals surface area contributed by atoms with Gasteiger partial charge in [0.2, 0.25) is 11.8 Å². The molecular formula is C17H21N3O6S. The van der Waals surface area contributed by atoms with Crippen molar-refractivity contribution < 1.29 is 23.8 Å². The number of fused-ring (bicyclic) bond motifs is 2. The Kier molecular flexibility index (Phi) is 4.94. The van der Waals surface area contributed by atoms with Crippen molar-refractivity contribution in [1.82, 2.24) is 14.9 Å². The minimum atomic E-state index is -1.29. The quantitative estimate of drug-likeness (QED) is 0.586. The van der Waals surface area contributed by atoms with E-state index in [2.05, 4.69) is 10.3 Å². The van der Waals surface area contributed by atoms with Crippen molar-refractivity contribution in [1.29, 1.82) is 0 Å². The maximum atomic E-state index is 13.0. The molecule has 2 aliphatic heterocycles. The zero-order valence-electron chi connectivity index (χ0n) is 15.7. The standard InChI is InChI=1S/C17H21N3O6S/c1-17(2,3)19-12-10(15(23)25-5)8(14(22)24-4)9-11(26-12)18-16-20(13(9)21)6-7-27-16/h8,19H,6-7H2,1-5H3. The number of thioether (sulfide) groups is 1. The van der Waals surface area contributed by atoms with Crippen LogP contribution in [0.2, 0.25) is 0 Å². The van der Waals surface area contributed by atoms with E-state index in [-0.39, 0.29) is 22.9 Å². The second-order valence-corrected chi connectivity index (χ2v) is 8.15. The normalized spacial score (nSPS) is 18.3. The third-order valence-electron chi connectivity index (χ3n) is 4.03. The van der Waals surface area contributed by atoms with Gasteiger partial charge in [-0.25, -0.2) is 4.79 Å². The molecule has 1 atom stereocenters. The highest BCUT2D eigenvalue weighted by Crippen LogP contribution is 2.39. The highest BCUT2D eigenvalue weighted by atomic mass is 32.2. The number of nitrogens with one attached hydrogen (secondary N) is 1. The highest BCUT2D eigenvalue weighted by Gasteiger charge is 2.45. The van der Waals surface area contributed by atoms with Crippen LogP contribution in [0.25, 0.3) is 0 Å². The van der Waals surface area contributed by atoms with Gasteiger partial charge >= 0.3 is 11.9 Å². The van der Waals surface area contributed by atoms with E-state index in [9.17, 15) is 14.4 Å². The molecule has 0 fully saturated rings. The first-order valence-corrected chi connectivity index (χ1v) is 9.30. The number of methoxy groups -OCH3 is 2. The number of hydrogen-bond acceptors (Lipinski definition) is 9. The summed E-state index contributed by atoms with van der Waals surface area (Å²) in [6.45, 7) is 6.06. The van der Waals surface area contributed by atoms with Gasteiger partial charge in [0.25, 0.3) is 5.56 Å². The third kappa shape index (κ3) is 3.41. The van der Waals surface area contributed by atoms with Gasteiger partial charge in [0.1, 0.15) is 11.5 Å². The Hall–Kier alpha value is -2.49. The zero-order valence-corrected chi connectivity index (χ0v) is 16.6. The Balaban J connectivity index is 2.28. The Morgan fingerprint density at radius 1 is 1.30 bits per heavy atom. The van der Waals surface area contributed by atoms with Gasteiger partial charge in [0.15, 0.2) is 5.16 Å². The number of rotatable bonds is 3. The van der Waals surface area contributed by atoms with Gasteiger partial charge in [0, 0.05) is 17.8 Å². The fourth-order valence-electron chi connectivity index (χ4n) is 2.93. The van der Waals surface area contributed by atoms with Crippen molar-refractivity contribution in [3.8, 4) is 5.88 Å². The number of esters is 2.